The van der Waals surface area contributed by atoms with Crippen molar-refractivity contribution in [3.63, 3.8) is 0 Å². The van der Waals surface area contributed by atoms with E-state index in [9.17, 15) is 14.4 Å². The first kappa shape index (κ1) is 20.7. The molecule has 0 spiro atoms. The van der Waals surface area contributed by atoms with E-state index in [1.807, 2.05) is 0 Å². The largest absolute Gasteiger partial charge is 0.454 e. The van der Waals surface area contributed by atoms with Crippen molar-refractivity contribution in [2.75, 3.05) is 19.9 Å². The van der Waals surface area contributed by atoms with Crippen LogP contribution >= 0.6 is 0 Å². The van der Waals surface area contributed by atoms with Gasteiger partial charge >= 0.3 is 5.97 Å². The highest BCUT2D eigenvalue weighted by Gasteiger charge is 2.20. The third-order valence-corrected chi connectivity index (χ3v) is 4.84. The first-order chi connectivity index (χ1) is 14.0. The zero-order valence-corrected chi connectivity index (χ0v) is 16.5. The van der Waals surface area contributed by atoms with E-state index in [2.05, 4.69) is 16.7 Å². The summed E-state index contributed by atoms with van der Waals surface area (Å²) in [5, 5.41) is 5.25. The summed E-state index contributed by atoms with van der Waals surface area (Å²) in [6.07, 6.45) is 6.75. The smallest absolute Gasteiger partial charge is 0.326 e. The van der Waals surface area contributed by atoms with Crippen LogP contribution in [-0.2, 0) is 14.3 Å². The molecule has 2 N–H and O–H groups in total. The van der Waals surface area contributed by atoms with Crippen molar-refractivity contribution >= 4 is 17.8 Å². The highest BCUT2D eigenvalue weighted by Crippen LogP contribution is 2.32. The summed E-state index contributed by atoms with van der Waals surface area (Å²) < 4.78 is 15.5. The number of hydrogen-bond donors (Lipinski definition) is 2. The molecule has 29 heavy (non-hydrogen) atoms. The number of fused-ring (bicyclic) bond motifs is 1. The van der Waals surface area contributed by atoms with Crippen LogP contribution in [-0.4, -0.2) is 43.8 Å². The van der Waals surface area contributed by atoms with Crippen LogP contribution in [0.1, 0.15) is 49.4 Å². The van der Waals surface area contributed by atoms with Gasteiger partial charge in [-0.25, -0.2) is 0 Å². The summed E-state index contributed by atoms with van der Waals surface area (Å²) >= 11 is 0. The maximum Gasteiger partial charge on any atom is 0.326 e. The SMILES string of the molecule is C[C@@H](OC(=O)CNC(=O)c1ccc2c(c1)OCO2)C(=O)NCCC1=CCCCC1. The maximum absolute atomic E-state index is 12.2. The van der Waals surface area contributed by atoms with Gasteiger partial charge in [0.15, 0.2) is 17.6 Å². The number of hydrogen-bond acceptors (Lipinski definition) is 6. The highest BCUT2D eigenvalue weighted by molar-refractivity contribution is 5.96. The van der Waals surface area contributed by atoms with Crippen LogP contribution in [0.2, 0.25) is 0 Å². The molecule has 0 unspecified atom stereocenters. The number of rotatable bonds is 8. The maximum atomic E-state index is 12.2. The van der Waals surface area contributed by atoms with Crippen LogP contribution in [0.15, 0.2) is 29.8 Å². The van der Waals surface area contributed by atoms with Gasteiger partial charge in [-0.05, 0) is 57.2 Å². The van der Waals surface area contributed by atoms with Crippen LogP contribution in [0.5, 0.6) is 11.5 Å². The quantitative estimate of drug-likeness (QED) is 0.510. The Hall–Kier alpha value is -3.03. The van der Waals surface area contributed by atoms with Crippen LogP contribution in [0.3, 0.4) is 0 Å². The van der Waals surface area contributed by atoms with Gasteiger partial charge in [0.2, 0.25) is 6.79 Å². The fraction of sp³-hybridized carbons (Fsp3) is 0.476. The predicted molar refractivity (Wildman–Crippen MR) is 105 cm³/mol. The summed E-state index contributed by atoms with van der Waals surface area (Å²) in [7, 11) is 0. The minimum Gasteiger partial charge on any atom is -0.454 e. The number of benzene rings is 1. The second-order valence-electron chi connectivity index (χ2n) is 7.03. The number of carbonyl (C=O) groups excluding carboxylic acids is 3. The molecule has 2 aliphatic rings. The van der Waals surface area contributed by atoms with Crippen molar-refractivity contribution in [1.29, 1.82) is 0 Å². The fourth-order valence-corrected chi connectivity index (χ4v) is 3.21. The molecule has 8 heteroatoms. The molecule has 1 aliphatic carbocycles. The molecule has 1 aliphatic heterocycles. The Labute approximate surface area is 169 Å². The lowest BCUT2D eigenvalue weighted by atomic mass is 9.97. The lowest BCUT2D eigenvalue weighted by Crippen LogP contribution is -2.39. The van der Waals surface area contributed by atoms with E-state index >= 15 is 0 Å². The minimum atomic E-state index is -0.926. The molecule has 1 heterocycles. The van der Waals surface area contributed by atoms with Crippen molar-refractivity contribution in [3.05, 3.63) is 35.4 Å². The van der Waals surface area contributed by atoms with Crippen LogP contribution in [0, 0.1) is 0 Å². The Morgan fingerprint density at radius 2 is 1.97 bits per heavy atom. The van der Waals surface area contributed by atoms with Crippen LogP contribution < -0.4 is 20.1 Å². The normalized spacial score (nSPS) is 15.8. The van der Waals surface area contributed by atoms with Gasteiger partial charge in [-0.2, -0.15) is 0 Å². The summed E-state index contributed by atoms with van der Waals surface area (Å²) in [6.45, 7) is 1.81. The third kappa shape index (κ3) is 5.97. The van der Waals surface area contributed by atoms with Gasteiger partial charge in [0.1, 0.15) is 6.54 Å². The first-order valence-electron chi connectivity index (χ1n) is 9.86. The molecule has 0 aromatic heterocycles. The molecule has 1 atom stereocenters. The molecule has 0 radical (unpaired) electrons. The molecule has 1 aromatic rings. The number of ether oxygens (including phenoxy) is 3. The highest BCUT2D eigenvalue weighted by atomic mass is 16.7. The van der Waals surface area contributed by atoms with E-state index in [-0.39, 0.29) is 19.2 Å². The molecule has 1 aromatic carbocycles. The zero-order valence-electron chi connectivity index (χ0n) is 16.5. The van der Waals surface area contributed by atoms with Crippen molar-refractivity contribution in [2.24, 2.45) is 0 Å². The molecule has 8 nitrogen and oxygen atoms in total. The zero-order chi connectivity index (χ0) is 20.6. The molecular weight excluding hydrogens is 376 g/mol. The predicted octanol–water partition coefficient (Wildman–Crippen LogP) is 2.08. The molecule has 3 rings (SSSR count). The standard InChI is InChI=1S/C21H26N2O6/c1-14(20(25)22-10-9-15-5-3-2-4-6-15)29-19(24)12-23-21(26)16-7-8-17-18(11-16)28-13-27-17/h5,7-8,11,14H,2-4,6,9-10,12-13H2,1H3,(H,22,25)(H,23,26)/t14-/m1/s1. The Morgan fingerprint density at radius 1 is 1.14 bits per heavy atom. The van der Waals surface area contributed by atoms with E-state index < -0.39 is 18.0 Å². The van der Waals surface area contributed by atoms with Crippen LogP contribution in [0.25, 0.3) is 0 Å². The van der Waals surface area contributed by atoms with Crippen molar-refractivity contribution < 1.29 is 28.6 Å². The topological polar surface area (TPSA) is 103 Å². The van der Waals surface area contributed by atoms with E-state index in [1.54, 1.807) is 18.2 Å². The molecule has 156 valence electrons. The summed E-state index contributed by atoms with van der Waals surface area (Å²) in [5.74, 6) is -0.429. The summed E-state index contributed by atoms with van der Waals surface area (Å²) in [4.78, 5) is 36.2. The lowest BCUT2D eigenvalue weighted by Gasteiger charge is -2.16. The van der Waals surface area contributed by atoms with Gasteiger partial charge in [-0.15, -0.1) is 0 Å². The number of esters is 1. The second-order valence-corrected chi connectivity index (χ2v) is 7.03. The minimum absolute atomic E-state index is 0.115. The Bertz CT molecular complexity index is 804. The van der Waals surface area contributed by atoms with Crippen LogP contribution in [0.4, 0.5) is 0 Å². The van der Waals surface area contributed by atoms with Crippen molar-refractivity contribution in [1.82, 2.24) is 10.6 Å². The van der Waals surface area contributed by atoms with Gasteiger partial charge in [0.05, 0.1) is 0 Å². The Balaban J connectivity index is 1.36. The summed E-state index contributed by atoms with van der Waals surface area (Å²) in [6, 6.07) is 4.75. The van der Waals surface area contributed by atoms with Crippen molar-refractivity contribution in [2.45, 2.75) is 45.1 Å². The molecule has 0 bridgehead atoms. The number of amides is 2. The molecular formula is C21H26N2O6. The van der Waals surface area contributed by atoms with E-state index in [0.717, 1.165) is 19.3 Å². The molecule has 0 saturated heterocycles. The fourth-order valence-electron chi connectivity index (χ4n) is 3.21. The van der Waals surface area contributed by atoms with Crippen molar-refractivity contribution in [3.8, 4) is 11.5 Å². The van der Waals surface area contributed by atoms with E-state index in [4.69, 9.17) is 14.2 Å². The number of allylic oxidation sites excluding steroid dienone is 1. The van der Waals surface area contributed by atoms with E-state index in [1.165, 1.54) is 25.3 Å². The third-order valence-electron chi connectivity index (χ3n) is 4.84. The van der Waals surface area contributed by atoms with Gasteiger partial charge in [-0.1, -0.05) is 11.6 Å². The first-order valence-corrected chi connectivity index (χ1v) is 9.86. The van der Waals surface area contributed by atoms with Gasteiger partial charge in [0.25, 0.3) is 11.8 Å². The number of nitrogens with one attached hydrogen (secondary N) is 2. The monoisotopic (exact) mass is 402 g/mol. The summed E-state index contributed by atoms with van der Waals surface area (Å²) in [5.41, 5.74) is 1.71. The van der Waals surface area contributed by atoms with Gasteiger partial charge < -0.3 is 24.8 Å². The second kappa shape index (κ2) is 9.95. The molecule has 0 fully saturated rings. The number of carbonyl (C=O) groups is 3. The average molecular weight is 402 g/mol. The molecule has 0 saturated carbocycles. The molecule has 2 amide bonds. The Morgan fingerprint density at radius 3 is 2.76 bits per heavy atom. The van der Waals surface area contributed by atoms with Gasteiger partial charge in [0, 0.05) is 12.1 Å². The average Bonchev–Trinajstić information content (AvgIpc) is 3.20. The van der Waals surface area contributed by atoms with Gasteiger partial charge in [-0.3, -0.25) is 14.4 Å². The lowest BCUT2D eigenvalue weighted by molar-refractivity contribution is -0.153. The van der Waals surface area contributed by atoms with E-state index in [0.29, 0.717) is 23.6 Å². The Kier molecular flexibility index (Phi) is 7.10.